The van der Waals surface area contributed by atoms with Gasteiger partial charge in [-0.25, -0.2) is 4.98 Å². The maximum absolute atomic E-state index is 12.6. The summed E-state index contributed by atoms with van der Waals surface area (Å²) in [4.78, 5) is 22.9. The Morgan fingerprint density at radius 2 is 1.97 bits per heavy atom. The summed E-state index contributed by atoms with van der Waals surface area (Å²) in [5.41, 5.74) is 4.51. The molecule has 3 heterocycles. The number of ether oxygens (including phenoxy) is 1. The molecule has 174 valence electrons. The summed E-state index contributed by atoms with van der Waals surface area (Å²) >= 11 is 0. The van der Waals surface area contributed by atoms with Crippen LogP contribution in [-0.4, -0.2) is 47.2 Å². The largest absolute Gasteiger partial charge is 0.381 e. The van der Waals surface area contributed by atoms with Crippen molar-refractivity contribution < 1.29 is 4.74 Å². The normalized spacial score (nSPS) is 17.5. The highest BCUT2D eigenvalue weighted by atomic mass is 16.5. The third-order valence-electron chi connectivity index (χ3n) is 7.08. The lowest BCUT2D eigenvalue weighted by molar-refractivity contribution is 0.150. The van der Waals surface area contributed by atoms with Crippen LogP contribution in [0.1, 0.15) is 55.3 Å². The molecule has 2 aromatic heterocycles. The Kier molecular flexibility index (Phi) is 6.47. The molecule has 1 aliphatic heterocycles. The average Bonchev–Trinajstić information content (AvgIpc) is 3.65. The number of hydrogen-bond acceptors (Lipinski definition) is 5. The summed E-state index contributed by atoms with van der Waals surface area (Å²) in [6.07, 6.45) is 7.67. The molecule has 0 atom stereocenters. The molecule has 2 fully saturated rings. The van der Waals surface area contributed by atoms with Crippen LogP contribution in [0.5, 0.6) is 0 Å². The van der Waals surface area contributed by atoms with Crippen molar-refractivity contribution in [3.63, 3.8) is 0 Å². The zero-order chi connectivity index (χ0) is 22.8. The average molecular weight is 447 g/mol. The number of piperidine rings is 1. The van der Waals surface area contributed by atoms with Gasteiger partial charge in [0.1, 0.15) is 5.82 Å². The van der Waals surface area contributed by atoms with Crippen molar-refractivity contribution in [1.29, 1.82) is 0 Å². The van der Waals surface area contributed by atoms with E-state index < -0.39 is 0 Å². The quantitative estimate of drug-likeness (QED) is 0.482. The fourth-order valence-electron chi connectivity index (χ4n) is 5.17. The summed E-state index contributed by atoms with van der Waals surface area (Å²) in [5, 5.41) is 4.92. The number of fused-ring (bicyclic) bond motifs is 1. The van der Waals surface area contributed by atoms with E-state index in [4.69, 9.17) is 9.72 Å². The molecule has 0 spiro atoms. The maximum Gasteiger partial charge on any atom is 0.259 e. The van der Waals surface area contributed by atoms with E-state index >= 15 is 0 Å². The molecule has 0 radical (unpaired) electrons. The van der Waals surface area contributed by atoms with Crippen molar-refractivity contribution in [2.75, 3.05) is 31.6 Å². The lowest BCUT2D eigenvalue weighted by atomic mass is 9.86. The number of nitrogens with one attached hydrogen (secondary N) is 2. The van der Waals surface area contributed by atoms with Gasteiger partial charge in [0, 0.05) is 36.6 Å². The SMILES string of the molecule is CCOCCc1cc2cc[nH]c(=O)c2c(Nc2ccc(C3CCN(C4CC4)CC3)c(C)c2)n1. The van der Waals surface area contributed by atoms with Crippen molar-refractivity contribution >= 4 is 22.3 Å². The van der Waals surface area contributed by atoms with Crippen LogP contribution in [0.15, 0.2) is 41.3 Å². The van der Waals surface area contributed by atoms with E-state index in [2.05, 4.69) is 40.3 Å². The number of anilines is 2. The first-order chi connectivity index (χ1) is 16.1. The van der Waals surface area contributed by atoms with Gasteiger partial charge in [-0.2, -0.15) is 0 Å². The van der Waals surface area contributed by atoms with E-state index in [0.29, 0.717) is 36.8 Å². The molecule has 2 aliphatic rings. The molecule has 33 heavy (non-hydrogen) atoms. The van der Waals surface area contributed by atoms with Crippen LogP contribution in [0.4, 0.5) is 11.5 Å². The van der Waals surface area contributed by atoms with E-state index in [1.165, 1.54) is 49.9 Å². The van der Waals surface area contributed by atoms with E-state index in [-0.39, 0.29) is 5.56 Å². The van der Waals surface area contributed by atoms with Crippen LogP contribution in [0.25, 0.3) is 10.8 Å². The standard InChI is InChI=1S/C27H34N4O2/c1-3-33-15-11-22-17-20-8-12-28-27(32)25(20)26(30-22)29-21-4-7-24(18(2)16-21)19-9-13-31(14-10-19)23-5-6-23/h4,7-8,12,16-17,19,23H,3,5-6,9-11,13-15H2,1-2H3,(H,28,32)(H,29,30). The Morgan fingerprint density at radius 3 is 2.70 bits per heavy atom. The predicted molar refractivity (Wildman–Crippen MR) is 134 cm³/mol. The van der Waals surface area contributed by atoms with Crippen LogP contribution in [0.3, 0.4) is 0 Å². The number of benzene rings is 1. The molecule has 0 bridgehead atoms. The number of H-pyrrole nitrogens is 1. The first-order valence-corrected chi connectivity index (χ1v) is 12.3. The third kappa shape index (κ3) is 4.97. The first kappa shape index (κ1) is 22.1. The minimum Gasteiger partial charge on any atom is -0.381 e. The lowest BCUT2D eigenvalue weighted by Gasteiger charge is -2.33. The number of rotatable bonds is 8. The minimum atomic E-state index is -0.130. The highest BCUT2D eigenvalue weighted by Gasteiger charge is 2.32. The van der Waals surface area contributed by atoms with Gasteiger partial charge < -0.3 is 19.9 Å². The molecule has 6 heteroatoms. The van der Waals surface area contributed by atoms with Crippen molar-refractivity contribution in [3.8, 4) is 0 Å². The molecule has 6 nitrogen and oxygen atoms in total. The third-order valence-corrected chi connectivity index (χ3v) is 7.08. The predicted octanol–water partition coefficient (Wildman–Crippen LogP) is 4.90. The molecular weight excluding hydrogens is 412 g/mol. The van der Waals surface area contributed by atoms with Crippen LogP contribution < -0.4 is 10.9 Å². The first-order valence-electron chi connectivity index (χ1n) is 12.3. The summed E-state index contributed by atoms with van der Waals surface area (Å²) in [6, 6.07) is 11.4. The van der Waals surface area contributed by atoms with Gasteiger partial charge in [-0.1, -0.05) is 6.07 Å². The number of pyridine rings is 2. The van der Waals surface area contributed by atoms with Gasteiger partial charge in [0.25, 0.3) is 5.56 Å². The second kappa shape index (κ2) is 9.65. The van der Waals surface area contributed by atoms with Crippen molar-refractivity contribution in [3.05, 3.63) is 63.7 Å². The Balaban J connectivity index is 1.37. The molecule has 0 unspecified atom stereocenters. The number of aromatic nitrogens is 2. The van der Waals surface area contributed by atoms with Crippen molar-refractivity contribution in [2.24, 2.45) is 0 Å². The maximum atomic E-state index is 12.6. The van der Waals surface area contributed by atoms with Gasteiger partial charge in [-0.05, 0) is 99.3 Å². The van der Waals surface area contributed by atoms with E-state index in [0.717, 1.165) is 22.8 Å². The highest BCUT2D eigenvalue weighted by molar-refractivity contribution is 5.92. The topological polar surface area (TPSA) is 70.2 Å². The Morgan fingerprint density at radius 1 is 1.15 bits per heavy atom. The number of nitrogens with zero attached hydrogens (tertiary/aromatic N) is 2. The number of hydrogen-bond donors (Lipinski definition) is 2. The zero-order valence-electron chi connectivity index (χ0n) is 19.7. The van der Waals surface area contributed by atoms with Gasteiger partial charge >= 0.3 is 0 Å². The van der Waals surface area contributed by atoms with Crippen LogP contribution in [0.2, 0.25) is 0 Å². The molecule has 1 aliphatic carbocycles. The van der Waals surface area contributed by atoms with Crippen LogP contribution in [0, 0.1) is 6.92 Å². The Labute approximate surface area is 195 Å². The van der Waals surface area contributed by atoms with E-state index in [1.54, 1.807) is 6.20 Å². The molecule has 5 rings (SSSR count). The summed E-state index contributed by atoms with van der Waals surface area (Å²) in [7, 11) is 0. The fraction of sp³-hybridized carbons (Fsp3) is 0.481. The summed E-state index contributed by atoms with van der Waals surface area (Å²) < 4.78 is 5.51. The van der Waals surface area contributed by atoms with Gasteiger partial charge in [0.2, 0.25) is 0 Å². The molecule has 2 N–H and O–H groups in total. The monoisotopic (exact) mass is 446 g/mol. The zero-order valence-corrected chi connectivity index (χ0v) is 19.7. The highest BCUT2D eigenvalue weighted by Crippen LogP contribution is 2.36. The van der Waals surface area contributed by atoms with Crippen molar-refractivity contribution in [2.45, 2.75) is 57.9 Å². The minimum absolute atomic E-state index is 0.130. The number of aryl methyl sites for hydroxylation is 1. The lowest BCUT2D eigenvalue weighted by Crippen LogP contribution is -2.34. The van der Waals surface area contributed by atoms with Crippen molar-refractivity contribution in [1.82, 2.24) is 14.9 Å². The number of aromatic amines is 1. The molecular formula is C27H34N4O2. The fourth-order valence-corrected chi connectivity index (χ4v) is 5.17. The number of likely N-dealkylation sites (tertiary alicyclic amines) is 1. The molecule has 1 saturated heterocycles. The van der Waals surface area contributed by atoms with Gasteiger partial charge in [-0.15, -0.1) is 0 Å². The molecule has 1 aromatic carbocycles. The van der Waals surface area contributed by atoms with Gasteiger partial charge in [0.15, 0.2) is 0 Å². The molecule has 0 amide bonds. The van der Waals surface area contributed by atoms with E-state index in [1.807, 2.05) is 19.1 Å². The van der Waals surface area contributed by atoms with Gasteiger partial charge in [0.05, 0.1) is 12.0 Å². The smallest absolute Gasteiger partial charge is 0.259 e. The summed E-state index contributed by atoms with van der Waals surface area (Å²) in [5.74, 6) is 1.24. The summed E-state index contributed by atoms with van der Waals surface area (Å²) in [6.45, 7) is 7.94. The Bertz CT molecular complexity index is 1180. The Hall–Kier alpha value is -2.70. The molecule has 3 aromatic rings. The molecule has 1 saturated carbocycles. The second-order valence-corrected chi connectivity index (χ2v) is 9.42. The van der Waals surface area contributed by atoms with E-state index in [9.17, 15) is 4.79 Å². The second-order valence-electron chi connectivity index (χ2n) is 9.42. The van der Waals surface area contributed by atoms with Gasteiger partial charge in [-0.3, -0.25) is 4.79 Å². The van der Waals surface area contributed by atoms with Crippen LogP contribution >= 0.6 is 0 Å². The van der Waals surface area contributed by atoms with Crippen LogP contribution in [-0.2, 0) is 11.2 Å².